The Morgan fingerprint density at radius 1 is 0.969 bits per heavy atom. The highest BCUT2D eigenvalue weighted by molar-refractivity contribution is 9.10. The van der Waals surface area contributed by atoms with E-state index < -0.39 is 0 Å². The van der Waals surface area contributed by atoms with Crippen molar-refractivity contribution in [3.05, 3.63) is 91.7 Å². The maximum Gasteiger partial charge on any atom is 0.176 e. The van der Waals surface area contributed by atoms with Gasteiger partial charge < -0.3 is 10.6 Å². The van der Waals surface area contributed by atoms with Crippen molar-refractivity contribution in [2.24, 2.45) is 0 Å². The van der Waals surface area contributed by atoms with Gasteiger partial charge in [0.05, 0.1) is 29.4 Å². The second-order valence-electron chi connectivity index (χ2n) is 6.89. The third kappa shape index (κ3) is 6.02. The molecule has 0 spiro atoms. The largest absolute Gasteiger partial charge is 0.330 e. The first-order valence-electron chi connectivity index (χ1n) is 9.37. The summed E-state index contributed by atoms with van der Waals surface area (Å²) in [5.74, 6) is 0.582. The summed E-state index contributed by atoms with van der Waals surface area (Å²) in [6.07, 6.45) is 5.42. The number of hydrogen-bond acceptors (Lipinski definition) is 3. The summed E-state index contributed by atoms with van der Waals surface area (Å²) < 4.78 is 4.33. The second kappa shape index (κ2) is 10.2. The monoisotopic (exact) mass is 568 g/mol. The molecule has 0 saturated carbocycles. The van der Waals surface area contributed by atoms with Crippen molar-refractivity contribution < 1.29 is 0 Å². The van der Waals surface area contributed by atoms with Gasteiger partial charge in [-0.2, -0.15) is 10.2 Å². The number of nitrogens with zero attached hydrogens (tertiary/aromatic N) is 4. The lowest BCUT2D eigenvalue weighted by atomic mass is 10.2. The van der Waals surface area contributed by atoms with Gasteiger partial charge in [0.2, 0.25) is 0 Å². The van der Waals surface area contributed by atoms with Gasteiger partial charge in [0.15, 0.2) is 10.9 Å². The van der Waals surface area contributed by atoms with Crippen molar-refractivity contribution in [2.45, 2.75) is 13.1 Å². The van der Waals surface area contributed by atoms with E-state index in [9.17, 15) is 0 Å². The summed E-state index contributed by atoms with van der Waals surface area (Å²) in [5.41, 5.74) is 2.72. The minimum Gasteiger partial charge on any atom is -0.330 e. The van der Waals surface area contributed by atoms with Crippen LogP contribution in [0, 0.1) is 0 Å². The average molecular weight is 571 g/mol. The molecule has 164 valence electrons. The maximum atomic E-state index is 6.26. The van der Waals surface area contributed by atoms with E-state index in [2.05, 4.69) is 36.8 Å². The van der Waals surface area contributed by atoms with E-state index in [1.54, 1.807) is 27.7 Å². The predicted molar refractivity (Wildman–Crippen MR) is 138 cm³/mol. The molecular formula is C21H16BrCl3N6S. The van der Waals surface area contributed by atoms with Gasteiger partial charge in [-0.25, -0.2) is 0 Å². The summed E-state index contributed by atoms with van der Waals surface area (Å²) in [7, 11) is 0. The van der Waals surface area contributed by atoms with Gasteiger partial charge in [-0.3, -0.25) is 9.36 Å². The standard InChI is InChI=1S/C21H16BrCl3N6S/c22-18-12-31(10-14-4-5-16(24)7-19(14)25)29-20(18)28-21(32)27-17-8-26-30(11-17)9-13-2-1-3-15(23)6-13/h1-8,11-12H,9-10H2,(H2,27,28,29,32). The molecule has 2 heterocycles. The Morgan fingerprint density at radius 3 is 2.56 bits per heavy atom. The van der Waals surface area contributed by atoms with E-state index in [0.29, 0.717) is 39.1 Å². The van der Waals surface area contributed by atoms with Crippen LogP contribution in [0.4, 0.5) is 11.5 Å². The van der Waals surface area contributed by atoms with E-state index in [0.717, 1.165) is 21.3 Å². The molecule has 2 aromatic carbocycles. The number of hydrogen-bond donors (Lipinski definition) is 2. The van der Waals surface area contributed by atoms with Gasteiger partial charge in [-0.15, -0.1) is 0 Å². The van der Waals surface area contributed by atoms with Gasteiger partial charge in [0, 0.05) is 27.5 Å². The Labute approximate surface area is 213 Å². The van der Waals surface area contributed by atoms with E-state index in [1.165, 1.54) is 0 Å². The number of aromatic nitrogens is 4. The van der Waals surface area contributed by atoms with Crippen LogP contribution in [-0.2, 0) is 13.1 Å². The van der Waals surface area contributed by atoms with Crippen LogP contribution in [0.2, 0.25) is 15.1 Å². The zero-order valence-electron chi connectivity index (χ0n) is 16.4. The van der Waals surface area contributed by atoms with E-state index in [1.807, 2.05) is 42.7 Å². The number of benzene rings is 2. The fourth-order valence-electron chi connectivity index (χ4n) is 2.99. The lowest BCUT2D eigenvalue weighted by Crippen LogP contribution is -2.19. The molecule has 0 radical (unpaired) electrons. The van der Waals surface area contributed by atoms with Gasteiger partial charge in [0.25, 0.3) is 0 Å². The number of thiocarbonyl (C=S) groups is 1. The molecule has 0 aliphatic heterocycles. The molecule has 32 heavy (non-hydrogen) atoms. The predicted octanol–water partition coefficient (Wildman–Crippen LogP) is 6.71. The smallest absolute Gasteiger partial charge is 0.176 e. The van der Waals surface area contributed by atoms with Gasteiger partial charge >= 0.3 is 0 Å². The minimum absolute atomic E-state index is 0.391. The van der Waals surface area contributed by atoms with Crippen LogP contribution in [0.1, 0.15) is 11.1 Å². The molecule has 0 saturated heterocycles. The molecule has 2 aromatic heterocycles. The van der Waals surface area contributed by atoms with Crippen LogP contribution in [0.25, 0.3) is 0 Å². The zero-order chi connectivity index (χ0) is 22.7. The third-order valence-electron chi connectivity index (χ3n) is 4.42. The number of rotatable bonds is 6. The van der Waals surface area contributed by atoms with E-state index in [-0.39, 0.29) is 0 Å². The zero-order valence-corrected chi connectivity index (χ0v) is 21.1. The lowest BCUT2D eigenvalue weighted by Gasteiger charge is -2.07. The highest BCUT2D eigenvalue weighted by Crippen LogP contribution is 2.25. The Balaban J connectivity index is 1.37. The van der Waals surface area contributed by atoms with Gasteiger partial charge in [0.1, 0.15) is 0 Å². The summed E-state index contributed by atoms with van der Waals surface area (Å²) in [6.45, 7) is 1.10. The fourth-order valence-corrected chi connectivity index (χ4v) is 4.30. The van der Waals surface area contributed by atoms with Crippen LogP contribution in [0.15, 0.2) is 65.5 Å². The quantitative estimate of drug-likeness (QED) is 0.253. The lowest BCUT2D eigenvalue weighted by molar-refractivity contribution is 0.687. The Hall–Kier alpha value is -2.10. The first kappa shape index (κ1) is 23.1. The SMILES string of the molecule is S=C(Nc1cnn(Cc2cccc(Cl)c2)c1)Nc1nn(Cc2ccc(Cl)cc2Cl)cc1Br. The number of anilines is 2. The van der Waals surface area contributed by atoms with Crippen molar-refractivity contribution in [1.82, 2.24) is 19.6 Å². The number of halogens is 4. The Morgan fingerprint density at radius 2 is 1.78 bits per heavy atom. The molecule has 0 amide bonds. The molecule has 0 fully saturated rings. The molecule has 0 aliphatic carbocycles. The maximum absolute atomic E-state index is 6.26. The Bertz CT molecular complexity index is 1270. The fraction of sp³-hybridized carbons (Fsp3) is 0.0952. The second-order valence-corrected chi connectivity index (χ2v) is 9.44. The van der Waals surface area contributed by atoms with Crippen molar-refractivity contribution in [1.29, 1.82) is 0 Å². The first-order valence-corrected chi connectivity index (χ1v) is 11.7. The Kier molecular flexibility index (Phi) is 7.37. The highest BCUT2D eigenvalue weighted by Gasteiger charge is 2.11. The molecule has 0 unspecified atom stereocenters. The van der Waals surface area contributed by atoms with Crippen molar-refractivity contribution in [3.63, 3.8) is 0 Å². The molecule has 11 heteroatoms. The van der Waals surface area contributed by atoms with E-state index in [4.69, 9.17) is 47.0 Å². The molecule has 0 bridgehead atoms. The molecule has 4 rings (SSSR count). The molecule has 6 nitrogen and oxygen atoms in total. The molecule has 2 N–H and O–H groups in total. The summed E-state index contributed by atoms with van der Waals surface area (Å²) >= 11 is 27.2. The van der Waals surface area contributed by atoms with Crippen LogP contribution < -0.4 is 10.6 Å². The van der Waals surface area contributed by atoms with Crippen molar-refractivity contribution in [3.8, 4) is 0 Å². The molecule has 4 aromatic rings. The summed E-state index contributed by atoms with van der Waals surface area (Å²) in [6, 6.07) is 13.0. The molecule has 0 aliphatic rings. The highest BCUT2D eigenvalue weighted by atomic mass is 79.9. The first-order chi connectivity index (χ1) is 15.4. The third-order valence-corrected chi connectivity index (χ3v) is 6.03. The van der Waals surface area contributed by atoms with Gasteiger partial charge in [-0.1, -0.05) is 53.0 Å². The molecular weight excluding hydrogens is 555 g/mol. The summed E-state index contributed by atoms with van der Waals surface area (Å²) in [5, 5.41) is 17.4. The van der Waals surface area contributed by atoms with Crippen LogP contribution >= 0.6 is 63.0 Å². The minimum atomic E-state index is 0.391. The van der Waals surface area contributed by atoms with Crippen LogP contribution in [0.5, 0.6) is 0 Å². The normalized spacial score (nSPS) is 10.9. The topological polar surface area (TPSA) is 59.7 Å². The van der Waals surface area contributed by atoms with Gasteiger partial charge in [-0.05, 0) is 63.5 Å². The van der Waals surface area contributed by atoms with E-state index >= 15 is 0 Å². The average Bonchev–Trinajstić information content (AvgIpc) is 3.30. The summed E-state index contributed by atoms with van der Waals surface area (Å²) in [4.78, 5) is 0. The molecule has 0 atom stereocenters. The van der Waals surface area contributed by atoms with Crippen molar-refractivity contribution >= 4 is 79.6 Å². The van der Waals surface area contributed by atoms with Crippen molar-refractivity contribution in [2.75, 3.05) is 10.6 Å². The van der Waals surface area contributed by atoms with Crippen LogP contribution in [0.3, 0.4) is 0 Å². The number of nitrogens with one attached hydrogen (secondary N) is 2. The van der Waals surface area contributed by atoms with Crippen LogP contribution in [-0.4, -0.2) is 24.7 Å².